The van der Waals surface area contributed by atoms with Gasteiger partial charge in [0.15, 0.2) is 11.6 Å². The predicted molar refractivity (Wildman–Crippen MR) is 86.5 cm³/mol. The summed E-state index contributed by atoms with van der Waals surface area (Å²) in [7, 11) is 0. The minimum Gasteiger partial charge on any atom is -0.324 e. The molecule has 0 aliphatic heterocycles. The lowest BCUT2D eigenvalue weighted by molar-refractivity contribution is 0.500. The lowest BCUT2D eigenvalue weighted by Gasteiger charge is -2.14. The van der Waals surface area contributed by atoms with Crippen LogP contribution in [-0.2, 0) is 6.42 Å². The largest absolute Gasteiger partial charge is 0.324 e. The van der Waals surface area contributed by atoms with Crippen molar-refractivity contribution in [3.05, 3.63) is 69.0 Å². The monoisotopic (exact) mass is 367 g/mol. The van der Waals surface area contributed by atoms with E-state index in [-0.39, 0.29) is 4.47 Å². The number of rotatable bonds is 3. The smallest absolute Gasteiger partial charge is 0.173 e. The summed E-state index contributed by atoms with van der Waals surface area (Å²) < 4.78 is 28.1. The Kier molecular flexibility index (Phi) is 4.06. The molecule has 2 aromatic carbocycles. The van der Waals surface area contributed by atoms with Crippen LogP contribution < -0.4 is 5.73 Å². The molecule has 1 heterocycles. The fourth-order valence-corrected chi connectivity index (χ4v) is 3.96. The van der Waals surface area contributed by atoms with Crippen molar-refractivity contribution in [2.24, 2.45) is 5.73 Å². The maximum absolute atomic E-state index is 13.6. The van der Waals surface area contributed by atoms with Gasteiger partial charge in [-0.1, -0.05) is 24.3 Å². The molecule has 0 spiro atoms. The Morgan fingerprint density at radius 2 is 1.90 bits per heavy atom. The maximum Gasteiger partial charge on any atom is 0.173 e. The average molecular weight is 368 g/mol. The number of hydrogen-bond donors (Lipinski definition) is 1. The molecule has 1 atom stereocenters. The summed E-state index contributed by atoms with van der Waals surface area (Å²) in [5.74, 6) is -1.77. The molecule has 21 heavy (non-hydrogen) atoms. The Bertz CT molecular complexity index is 800. The molecule has 0 fully saturated rings. The van der Waals surface area contributed by atoms with Crippen LogP contribution in [0.1, 0.15) is 17.2 Å². The van der Waals surface area contributed by atoms with Crippen molar-refractivity contribution in [2.75, 3.05) is 0 Å². The van der Waals surface area contributed by atoms with Crippen LogP contribution in [-0.4, -0.2) is 0 Å². The quantitative estimate of drug-likeness (QED) is 0.633. The number of hydrogen-bond acceptors (Lipinski definition) is 2. The number of fused-ring (bicyclic) bond motifs is 1. The molecule has 0 amide bonds. The van der Waals surface area contributed by atoms with Gasteiger partial charge in [0.25, 0.3) is 0 Å². The molecule has 0 aliphatic carbocycles. The third kappa shape index (κ3) is 2.73. The van der Waals surface area contributed by atoms with Gasteiger partial charge in [0, 0.05) is 10.7 Å². The van der Waals surface area contributed by atoms with E-state index in [1.807, 2.05) is 18.2 Å². The Labute approximate surface area is 133 Å². The first-order chi connectivity index (χ1) is 10.1. The molecule has 0 saturated carbocycles. The third-order valence-electron chi connectivity index (χ3n) is 3.47. The summed E-state index contributed by atoms with van der Waals surface area (Å²) in [4.78, 5) is 0. The molecule has 0 saturated heterocycles. The average Bonchev–Trinajstić information content (AvgIpc) is 2.88. The van der Waals surface area contributed by atoms with Gasteiger partial charge in [-0.3, -0.25) is 0 Å². The van der Waals surface area contributed by atoms with Crippen LogP contribution in [0.4, 0.5) is 8.78 Å². The lowest BCUT2D eigenvalue weighted by atomic mass is 9.99. The topological polar surface area (TPSA) is 26.0 Å². The predicted octanol–water partition coefficient (Wildman–Crippen LogP) is 5.18. The van der Waals surface area contributed by atoms with E-state index in [0.717, 1.165) is 17.0 Å². The van der Waals surface area contributed by atoms with Gasteiger partial charge in [0.1, 0.15) is 0 Å². The number of nitrogens with two attached hydrogens (primary N) is 1. The van der Waals surface area contributed by atoms with Crippen LogP contribution in [0.2, 0.25) is 0 Å². The molecule has 0 bridgehead atoms. The van der Waals surface area contributed by atoms with Crippen molar-refractivity contribution < 1.29 is 8.78 Å². The van der Waals surface area contributed by atoms with Gasteiger partial charge in [-0.25, -0.2) is 8.78 Å². The fraction of sp³-hybridized carbons (Fsp3) is 0.125. The Morgan fingerprint density at radius 1 is 1.14 bits per heavy atom. The van der Waals surface area contributed by atoms with Crippen LogP contribution in [0, 0.1) is 11.6 Å². The first-order valence-electron chi connectivity index (χ1n) is 6.42. The molecule has 0 aliphatic rings. The number of benzene rings is 2. The lowest BCUT2D eigenvalue weighted by Crippen LogP contribution is -2.14. The molecular formula is C16H12BrF2NS. The van der Waals surface area contributed by atoms with Gasteiger partial charge < -0.3 is 5.73 Å². The van der Waals surface area contributed by atoms with Gasteiger partial charge in [-0.2, -0.15) is 0 Å². The molecule has 1 nitrogen and oxygen atoms in total. The molecule has 1 aromatic heterocycles. The van der Waals surface area contributed by atoms with E-state index in [0.29, 0.717) is 12.0 Å². The van der Waals surface area contributed by atoms with E-state index in [1.165, 1.54) is 10.8 Å². The fourth-order valence-electron chi connectivity index (χ4n) is 2.36. The van der Waals surface area contributed by atoms with Crippen molar-refractivity contribution in [3.8, 4) is 0 Å². The first kappa shape index (κ1) is 14.6. The molecule has 5 heteroatoms. The van der Waals surface area contributed by atoms with E-state index in [9.17, 15) is 8.78 Å². The summed E-state index contributed by atoms with van der Waals surface area (Å²) in [5.41, 5.74) is 7.88. The third-order valence-corrected chi connectivity index (χ3v) is 5.28. The number of thiophene rings is 1. The highest BCUT2D eigenvalue weighted by Crippen LogP contribution is 2.32. The molecule has 0 radical (unpaired) electrons. The van der Waals surface area contributed by atoms with Gasteiger partial charge in [-0.05, 0) is 56.4 Å². The Hall–Kier alpha value is -1.30. The highest BCUT2D eigenvalue weighted by molar-refractivity contribution is 9.10. The standard InChI is InChI=1S/C16H12BrF2NS/c17-15-11(5-6-12(18)16(15)19)13(20)7-9-8-21-14-4-2-1-3-10(9)14/h1-6,8,13H,7,20H2. The number of halogens is 3. The van der Waals surface area contributed by atoms with Crippen LogP contribution in [0.5, 0.6) is 0 Å². The molecule has 1 unspecified atom stereocenters. The zero-order chi connectivity index (χ0) is 15.0. The van der Waals surface area contributed by atoms with Crippen molar-refractivity contribution in [1.29, 1.82) is 0 Å². The van der Waals surface area contributed by atoms with E-state index >= 15 is 0 Å². The Morgan fingerprint density at radius 3 is 2.71 bits per heavy atom. The highest BCUT2D eigenvalue weighted by atomic mass is 79.9. The second-order valence-corrected chi connectivity index (χ2v) is 6.54. The molecule has 3 aromatic rings. The van der Waals surface area contributed by atoms with E-state index in [1.54, 1.807) is 11.3 Å². The van der Waals surface area contributed by atoms with Crippen LogP contribution in [0.15, 0.2) is 46.3 Å². The maximum atomic E-state index is 13.6. The van der Waals surface area contributed by atoms with E-state index in [2.05, 4.69) is 27.4 Å². The van der Waals surface area contributed by atoms with Crippen LogP contribution in [0.25, 0.3) is 10.1 Å². The molecule has 2 N–H and O–H groups in total. The normalized spacial score (nSPS) is 12.8. The second kappa shape index (κ2) is 5.83. The molecule has 3 rings (SSSR count). The van der Waals surface area contributed by atoms with E-state index in [4.69, 9.17) is 5.73 Å². The van der Waals surface area contributed by atoms with Crippen molar-refractivity contribution in [1.82, 2.24) is 0 Å². The summed E-state index contributed by atoms with van der Waals surface area (Å²) in [6.07, 6.45) is 0.577. The van der Waals surface area contributed by atoms with Crippen LogP contribution >= 0.6 is 27.3 Å². The molecular weight excluding hydrogens is 356 g/mol. The van der Waals surface area contributed by atoms with Gasteiger partial charge in [-0.15, -0.1) is 11.3 Å². The zero-order valence-corrected chi connectivity index (χ0v) is 13.3. The van der Waals surface area contributed by atoms with Crippen LogP contribution in [0.3, 0.4) is 0 Å². The Balaban J connectivity index is 1.93. The minimum atomic E-state index is -0.891. The summed E-state index contributed by atoms with van der Waals surface area (Å²) in [6, 6.07) is 10.3. The summed E-state index contributed by atoms with van der Waals surface area (Å²) in [6.45, 7) is 0. The zero-order valence-electron chi connectivity index (χ0n) is 10.9. The summed E-state index contributed by atoms with van der Waals surface area (Å²) >= 11 is 4.75. The highest BCUT2D eigenvalue weighted by Gasteiger charge is 2.17. The van der Waals surface area contributed by atoms with Crippen molar-refractivity contribution in [2.45, 2.75) is 12.5 Å². The first-order valence-corrected chi connectivity index (χ1v) is 8.09. The summed E-state index contributed by atoms with van der Waals surface area (Å²) in [5, 5.41) is 3.23. The second-order valence-electron chi connectivity index (χ2n) is 4.83. The van der Waals surface area contributed by atoms with Crippen molar-refractivity contribution in [3.63, 3.8) is 0 Å². The van der Waals surface area contributed by atoms with Gasteiger partial charge >= 0.3 is 0 Å². The molecule has 108 valence electrons. The van der Waals surface area contributed by atoms with Gasteiger partial charge in [0.05, 0.1) is 4.47 Å². The SMILES string of the molecule is NC(Cc1csc2ccccc12)c1ccc(F)c(F)c1Br. The van der Waals surface area contributed by atoms with E-state index < -0.39 is 17.7 Å². The minimum absolute atomic E-state index is 0.106. The van der Waals surface area contributed by atoms with Gasteiger partial charge in [0.2, 0.25) is 0 Å². The van der Waals surface area contributed by atoms with Crippen molar-refractivity contribution >= 4 is 37.4 Å².